The van der Waals surface area contributed by atoms with Gasteiger partial charge in [0.25, 0.3) is 0 Å². The molecule has 0 bridgehead atoms. The molecule has 88 valence electrons. The fourth-order valence-electron chi connectivity index (χ4n) is 1.44. The van der Waals surface area contributed by atoms with Crippen LogP contribution < -0.4 is 10.1 Å². The van der Waals surface area contributed by atoms with E-state index >= 15 is 0 Å². The summed E-state index contributed by atoms with van der Waals surface area (Å²) in [7, 11) is 1.60. The molecule has 0 spiro atoms. The van der Waals surface area contributed by atoms with Crippen molar-refractivity contribution in [2.45, 2.75) is 6.42 Å². The highest BCUT2D eigenvalue weighted by Crippen LogP contribution is 2.23. The Balaban J connectivity index is 2.16. The lowest BCUT2D eigenvalue weighted by Crippen LogP contribution is -1.94. The molecule has 0 aromatic carbocycles. The van der Waals surface area contributed by atoms with Crippen molar-refractivity contribution in [1.29, 1.82) is 0 Å². The van der Waals surface area contributed by atoms with Gasteiger partial charge in [-0.05, 0) is 6.07 Å². The third-order valence-corrected chi connectivity index (χ3v) is 3.07. The number of aromatic nitrogens is 2. The van der Waals surface area contributed by atoms with Crippen LogP contribution in [-0.2, 0) is 11.2 Å². The van der Waals surface area contributed by atoms with E-state index in [0.717, 1.165) is 10.4 Å². The van der Waals surface area contributed by atoms with Crippen LogP contribution >= 0.6 is 11.3 Å². The summed E-state index contributed by atoms with van der Waals surface area (Å²) in [4.78, 5) is 19.5. The Morgan fingerprint density at radius 1 is 1.53 bits per heavy atom. The molecule has 2 aromatic heterocycles. The van der Waals surface area contributed by atoms with Crippen LogP contribution in [0.15, 0.2) is 24.5 Å². The zero-order valence-corrected chi connectivity index (χ0v) is 10.0. The highest BCUT2D eigenvalue weighted by molar-refractivity contribution is 7.15. The van der Waals surface area contributed by atoms with Crippen LogP contribution in [0.5, 0.6) is 5.88 Å². The van der Waals surface area contributed by atoms with Gasteiger partial charge in [-0.2, -0.15) is 0 Å². The van der Waals surface area contributed by atoms with Gasteiger partial charge in [0.05, 0.1) is 7.11 Å². The van der Waals surface area contributed by atoms with E-state index in [1.165, 1.54) is 11.3 Å². The second-order valence-electron chi connectivity index (χ2n) is 3.24. The number of ether oxygens (including phenoxy) is 1. The molecule has 2 aromatic rings. The van der Waals surface area contributed by atoms with E-state index in [4.69, 9.17) is 4.74 Å². The van der Waals surface area contributed by atoms with Gasteiger partial charge in [0.1, 0.15) is 0 Å². The number of hydrogen-bond acceptors (Lipinski definition) is 5. The number of thiazole rings is 1. The van der Waals surface area contributed by atoms with Gasteiger partial charge in [0, 0.05) is 29.3 Å². The van der Waals surface area contributed by atoms with Gasteiger partial charge >= 0.3 is 0 Å². The predicted molar refractivity (Wildman–Crippen MR) is 65.4 cm³/mol. The number of rotatable bonds is 5. The number of amides is 1. The summed E-state index contributed by atoms with van der Waals surface area (Å²) in [6.45, 7) is 0. The van der Waals surface area contributed by atoms with E-state index in [-0.39, 0.29) is 0 Å². The quantitative estimate of drug-likeness (QED) is 0.819. The van der Waals surface area contributed by atoms with Crippen LogP contribution in [0.1, 0.15) is 10.4 Å². The molecule has 0 atom stereocenters. The van der Waals surface area contributed by atoms with Gasteiger partial charge in [-0.1, -0.05) is 6.07 Å². The van der Waals surface area contributed by atoms with Crippen molar-refractivity contribution in [2.24, 2.45) is 0 Å². The molecule has 0 radical (unpaired) electrons. The summed E-state index contributed by atoms with van der Waals surface area (Å²) in [5, 5.41) is 3.12. The van der Waals surface area contributed by atoms with Crippen molar-refractivity contribution < 1.29 is 9.53 Å². The maximum Gasteiger partial charge on any atom is 0.216 e. The smallest absolute Gasteiger partial charge is 0.216 e. The molecular formula is C11H11N3O2S. The van der Waals surface area contributed by atoms with E-state index in [0.29, 0.717) is 23.8 Å². The Labute approximate surface area is 102 Å². The number of nitrogens with zero attached hydrogens (tertiary/aromatic N) is 2. The summed E-state index contributed by atoms with van der Waals surface area (Å²) >= 11 is 1.43. The molecule has 0 aliphatic carbocycles. The molecule has 1 N–H and O–H groups in total. The topological polar surface area (TPSA) is 64.1 Å². The second-order valence-corrected chi connectivity index (χ2v) is 4.36. The molecule has 17 heavy (non-hydrogen) atoms. The molecule has 0 fully saturated rings. The molecule has 0 aliphatic heterocycles. The Kier molecular flexibility index (Phi) is 3.66. The van der Waals surface area contributed by atoms with Crippen LogP contribution in [0.25, 0.3) is 0 Å². The first-order chi connectivity index (χ1) is 8.33. The van der Waals surface area contributed by atoms with Gasteiger partial charge in [0.15, 0.2) is 5.13 Å². The van der Waals surface area contributed by atoms with E-state index < -0.39 is 0 Å². The normalized spacial score (nSPS) is 9.94. The van der Waals surface area contributed by atoms with Crippen LogP contribution in [0.4, 0.5) is 5.13 Å². The zero-order valence-electron chi connectivity index (χ0n) is 9.21. The number of carbonyl (C=O) groups is 1. The molecule has 2 heterocycles. The van der Waals surface area contributed by atoms with Gasteiger partial charge in [-0.15, -0.1) is 11.3 Å². The van der Waals surface area contributed by atoms with Crippen LogP contribution in [0, 0.1) is 0 Å². The molecule has 6 heteroatoms. The van der Waals surface area contributed by atoms with E-state index in [1.807, 2.05) is 12.1 Å². The van der Waals surface area contributed by atoms with Crippen LogP contribution in [0.2, 0.25) is 0 Å². The van der Waals surface area contributed by atoms with Crippen LogP contribution in [0.3, 0.4) is 0 Å². The number of nitrogens with one attached hydrogen (secondary N) is 1. The third-order valence-electron chi connectivity index (χ3n) is 2.14. The lowest BCUT2D eigenvalue weighted by Gasteiger charge is -2.04. The minimum absolute atomic E-state index is 0.595. The van der Waals surface area contributed by atoms with Crippen molar-refractivity contribution in [3.05, 3.63) is 35.0 Å². The van der Waals surface area contributed by atoms with Crippen LogP contribution in [-0.4, -0.2) is 23.5 Å². The number of hydrogen-bond donors (Lipinski definition) is 1. The fourth-order valence-corrected chi connectivity index (χ4v) is 2.23. The average molecular weight is 249 g/mol. The first-order valence-corrected chi connectivity index (χ1v) is 5.78. The molecule has 1 amide bonds. The van der Waals surface area contributed by atoms with Gasteiger partial charge in [0.2, 0.25) is 12.3 Å². The Hall–Kier alpha value is -1.95. The predicted octanol–water partition coefficient (Wildman–Crippen LogP) is 1.71. The van der Waals surface area contributed by atoms with E-state index in [2.05, 4.69) is 15.3 Å². The lowest BCUT2D eigenvalue weighted by atomic mass is 10.2. The van der Waals surface area contributed by atoms with E-state index in [9.17, 15) is 4.79 Å². The zero-order chi connectivity index (χ0) is 12.1. The molecule has 0 unspecified atom stereocenters. The Morgan fingerprint density at radius 2 is 2.41 bits per heavy atom. The number of pyridine rings is 1. The summed E-state index contributed by atoms with van der Waals surface area (Å²) in [5.41, 5.74) is 0.997. The van der Waals surface area contributed by atoms with Crippen molar-refractivity contribution in [3.8, 4) is 5.88 Å². The molecular weight excluding hydrogens is 238 g/mol. The highest BCUT2D eigenvalue weighted by Gasteiger charge is 2.07. The SMILES string of the molecule is COc1ncccc1Cc1cnc(NC=O)s1. The van der Waals surface area contributed by atoms with Crippen molar-refractivity contribution in [1.82, 2.24) is 9.97 Å². The third kappa shape index (κ3) is 2.79. The first-order valence-electron chi connectivity index (χ1n) is 4.96. The molecule has 0 saturated heterocycles. The van der Waals surface area contributed by atoms with Gasteiger partial charge in [-0.25, -0.2) is 9.97 Å². The minimum atomic E-state index is 0.595. The number of anilines is 1. The molecule has 2 rings (SSSR count). The average Bonchev–Trinajstić information content (AvgIpc) is 2.78. The van der Waals surface area contributed by atoms with Crippen molar-refractivity contribution in [2.75, 3.05) is 12.4 Å². The van der Waals surface area contributed by atoms with Crippen molar-refractivity contribution >= 4 is 22.9 Å². The number of methoxy groups -OCH3 is 1. The maximum absolute atomic E-state index is 10.3. The summed E-state index contributed by atoms with van der Waals surface area (Å²) in [6, 6.07) is 3.82. The minimum Gasteiger partial charge on any atom is -0.481 e. The molecule has 0 saturated carbocycles. The van der Waals surface area contributed by atoms with Gasteiger partial charge < -0.3 is 10.1 Å². The second kappa shape index (κ2) is 5.40. The Morgan fingerprint density at radius 3 is 3.18 bits per heavy atom. The number of carbonyl (C=O) groups excluding carboxylic acids is 1. The lowest BCUT2D eigenvalue weighted by molar-refractivity contribution is -0.105. The monoisotopic (exact) mass is 249 g/mol. The maximum atomic E-state index is 10.3. The summed E-state index contributed by atoms with van der Waals surface area (Å²) < 4.78 is 5.17. The fraction of sp³-hybridized carbons (Fsp3) is 0.182. The largest absolute Gasteiger partial charge is 0.481 e. The first kappa shape index (κ1) is 11.5. The van der Waals surface area contributed by atoms with Crippen molar-refractivity contribution in [3.63, 3.8) is 0 Å². The van der Waals surface area contributed by atoms with Gasteiger partial charge in [-0.3, -0.25) is 4.79 Å². The molecule has 0 aliphatic rings. The summed E-state index contributed by atoms with van der Waals surface area (Å²) in [5.74, 6) is 0.616. The standard InChI is InChI=1S/C11H11N3O2S/c1-16-10-8(3-2-4-12-10)5-9-6-13-11(17-9)14-7-15/h2-4,6-7H,5H2,1H3,(H,13,14,15). The Bertz CT molecular complexity index is 513. The summed E-state index contributed by atoms with van der Waals surface area (Å²) in [6.07, 6.45) is 4.74. The molecule has 5 nitrogen and oxygen atoms in total. The highest BCUT2D eigenvalue weighted by atomic mass is 32.1. The van der Waals surface area contributed by atoms with E-state index in [1.54, 1.807) is 19.5 Å².